The van der Waals surface area contributed by atoms with E-state index in [0.29, 0.717) is 23.3 Å². The first-order valence-electron chi connectivity index (χ1n) is 12.5. The van der Waals surface area contributed by atoms with Crippen molar-refractivity contribution in [1.82, 2.24) is 14.8 Å². The number of sulfonamides is 1. The van der Waals surface area contributed by atoms with E-state index in [1.807, 2.05) is 35.2 Å². The van der Waals surface area contributed by atoms with Crippen LogP contribution >= 0.6 is 0 Å². The highest BCUT2D eigenvalue weighted by molar-refractivity contribution is 7.93. The van der Waals surface area contributed by atoms with Crippen molar-refractivity contribution in [3.05, 3.63) is 96.2 Å². The summed E-state index contributed by atoms with van der Waals surface area (Å²) in [5.41, 5.74) is 2.49. The van der Waals surface area contributed by atoms with Crippen LogP contribution in [0.15, 0.2) is 90.0 Å². The summed E-state index contributed by atoms with van der Waals surface area (Å²) in [6.45, 7) is 5.00. The predicted octanol–water partition coefficient (Wildman–Crippen LogP) is 4.39. The Labute approximate surface area is 222 Å². The van der Waals surface area contributed by atoms with E-state index in [1.165, 1.54) is 11.6 Å². The second-order valence-electron chi connectivity index (χ2n) is 9.45. The zero-order valence-electron chi connectivity index (χ0n) is 21.4. The molecule has 1 aromatic heterocycles. The Morgan fingerprint density at radius 1 is 1.03 bits per heavy atom. The molecule has 1 fully saturated rings. The lowest BCUT2D eigenvalue weighted by atomic mass is 10.1. The minimum atomic E-state index is -3.86. The molecule has 1 unspecified atom stereocenters. The quantitative estimate of drug-likeness (QED) is 0.381. The van der Waals surface area contributed by atoms with Gasteiger partial charge in [-0.25, -0.2) is 8.42 Å². The molecule has 1 aliphatic heterocycles. The molecule has 0 aliphatic carbocycles. The monoisotopic (exact) mass is 530 g/mol. The molecule has 4 aromatic rings. The van der Waals surface area contributed by atoms with Crippen LogP contribution in [0.1, 0.15) is 22.8 Å². The molecular weight excluding hydrogens is 500 g/mol. The molecule has 5 rings (SSSR count). The molecule has 1 N–H and O–H groups in total. The SMILES string of the molecule is COc1cccc(CN2CCN(C(=O)c3ccc(NS(=O)(=O)c4cccc5cccnc45)cc3)C(C)C2)c1. The van der Waals surface area contributed by atoms with Crippen molar-refractivity contribution in [2.24, 2.45) is 0 Å². The van der Waals surface area contributed by atoms with E-state index in [9.17, 15) is 13.2 Å². The van der Waals surface area contributed by atoms with Gasteiger partial charge in [0.25, 0.3) is 15.9 Å². The highest BCUT2D eigenvalue weighted by Gasteiger charge is 2.28. The summed E-state index contributed by atoms with van der Waals surface area (Å²) in [6, 6.07) is 23.3. The topological polar surface area (TPSA) is 91.8 Å². The second kappa shape index (κ2) is 10.8. The first-order valence-corrected chi connectivity index (χ1v) is 14.0. The zero-order valence-corrected chi connectivity index (χ0v) is 22.2. The highest BCUT2D eigenvalue weighted by atomic mass is 32.2. The number of anilines is 1. The maximum atomic E-state index is 13.3. The van der Waals surface area contributed by atoms with Gasteiger partial charge in [0.05, 0.1) is 12.6 Å². The Morgan fingerprint density at radius 2 is 1.79 bits per heavy atom. The molecule has 1 amide bonds. The van der Waals surface area contributed by atoms with Crippen LogP contribution in [0.3, 0.4) is 0 Å². The van der Waals surface area contributed by atoms with Crippen molar-refractivity contribution in [2.45, 2.75) is 24.4 Å². The van der Waals surface area contributed by atoms with Crippen molar-refractivity contribution in [3.8, 4) is 5.75 Å². The van der Waals surface area contributed by atoms with Gasteiger partial charge in [0, 0.05) is 55.1 Å². The molecule has 1 atom stereocenters. The number of methoxy groups -OCH3 is 1. The van der Waals surface area contributed by atoms with Gasteiger partial charge in [-0.05, 0) is 61.0 Å². The molecule has 0 radical (unpaired) electrons. The molecule has 0 spiro atoms. The van der Waals surface area contributed by atoms with Gasteiger partial charge < -0.3 is 9.64 Å². The fraction of sp³-hybridized carbons (Fsp3) is 0.241. The molecule has 1 saturated heterocycles. The summed E-state index contributed by atoms with van der Waals surface area (Å²) in [5, 5.41) is 0.744. The van der Waals surface area contributed by atoms with E-state index >= 15 is 0 Å². The van der Waals surface area contributed by atoms with Gasteiger partial charge in [0.15, 0.2) is 0 Å². The molecule has 196 valence electrons. The Kier molecular flexibility index (Phi) is 7.31. The largest absolute Gasteiger partial charge is 0.497 e. The zero-order chi connectivity index (χ0) is 26.7. The Bertz CT molecular complexity index is 1550. The van der Waals surface area contributed by atoms with Crippen LogP contribution in [0.2, 0.25) is 0 Å². The number of fused-ring (bicyclic) bond motifs is 1. The van der Waals surface area contributed by atoms with Crippen molar-refractivity contribution >= 4 is 32.5 Å². The van der Waals surface area contributed by atoms with Crippen molar-refractivity contribution in [1.29, 1.82) is 0 Å². The summed E-state index contributed by atoms with van der Waals surface area (Å²) in [7, 11) is -2.20. The molecule has 8 nitrogen and oxygen atoms in total. The first-order chi connectivity index (χ1) is 18.3. The lowest BCUT2D eigenvalue weighted by Crippen LogP contribution is -2.53. The van der Waals surface area contributed by atoms with Crippen LogP contribution in [0.5, 0.6) is 5.75 Å². The van der Waals surface area contributed by atoms with Gasteiger partial charge in [0.1, 0.15) is 10.6 Å². The average Bonchev–Trinajstić information content (AvgIpc) is 2.93. The number of nitrogens with one attached hydrogen (secondary N) is 1. The minimum absolute atomic E-state index is 0.0406. The van der Waals surface area contributed by atoms with Gasteiger partial charge in [-0.15, -0.1) is 0 Å². The van der Waals surface area contributed by atoms with E-state index in [1.54, 1.807) is 49.7 Å². The van der Waals surface area contributed by atoms with Crippen LogP contribution in [0, 0.1) is 0 Å². The number of hydrogen-bond acceptors (Lipinski definition) is 6. The lowest BCUT2D eigenvalue weighted by molar-refractivity contribution is 0.0475. The molecular formula is C29H30N4O4S. The van der Waals surface area contributed by atoms with Crippen molar-refractivity contribution in [3.63, 3.8) is 0 Å². The number of amides is 1. The van der Waals surface area contributed by atoms with Crippen LogP contribution in [-0.2, 0) is 16.6 Å². The van der Waals surface area contributed by atoms with Crippen molar-refractivity contribution in [2.75, 3.05) is 31.5 Å². The van der Waals surface area contributed by atoms with Gasteiger partial charge in [-0.3, -0.25) is 19.4 Å². The van der Waals surface area contributed by atoms with Gasteiger partial charge >= 0.3 is 0 Å². The van der Waals surface area contributed by atoms with Crippen LogP contribution < -0.4 is 9.46 Å². The van der Waals surface area contributed by atoms with E-state index < -0.39 is 10.0 Å². The first kappa shape index (κ1) is 25.7. The number of aromatic nitrogens is 1. The van der Waals surface area contributed by atoms with Gasteiger partial charge in [-0.2, -0.15) is 0 Å². The summed E-state index contributed by atoms with van der Waals surface area (Å²) >= 11 is 0. The standard InChI is InChI=1S/C29H30N4O4S/c1-21-19-32(20-22-6-3-9-26(18-22)37-2)16-17-33(21)29(34)24-11-13-25(14-12-24)31-38(35,36)27-10-4-7-23-8-5-15-30-28(23)27/h3-15,18,21,31H,16-17,19-20H2,1-2H3. The number of hydrogen-bond donors (Lipinski definition) is 1. The number of carbonyl (C=O) groups excluding carboxylic acids is 1. The predicted molar refractivity (Wildman–Crippen MR) is 148 cm³/mol. The third-order valence-corrected chi connectivity index (χ3v) is 8.19. The number of rotatable bonds is 7. The molecule has 2 heterocycles. The summed E-state index contributed by atoms with van der Waals surface area (Å²) in [6.07, 6.45) is 1.57. The van der Waals surface area contributed by atoms with Gasteiger partial charge in [-0.1, -0.05) is 30.3 Å². The number of carbonyl (C=O) groups is 1. The van der Waals surface area contributed by atoms with E-state index in [-0.39, 0.29) is 16.8 Å². The number of pyridine rings is 1. The summed E-state index contributed by atoms with van der Waals surface area (Å²) < 4.78 is 34.1. The molecule has 3 aromatic carbocycles. The van der Waals surface area contributed by atoms with E-state index in [2.05, 4.69) is 27.6 Å². The summed E-state index contributed by atoms with van der Waals surface area (Å²) in [4.78, 5) is 21.8. The number of piperazine rings is 1. The normalized spacial score (nSPS) is 16.4. The second-order valence-corrected chi connectivity index (χ2v) is 11.1. The number of benzene rings is 3. The number of nitrogens with zero attached hydrogens (tertiary/aromatic N) is 3. The van der Waals surface area contributed by atoms with E-state index in [4.69, 9.17) is 4.74 Å². The molecule has 1 aliphatic rings. The third kappa shape index (κ3) is 5.49. The summed E-state index contributed by atoms with van der Waals surface area (Å²) in [5.74, 6) is 0.773. The minimum Gasteiger partial charge on any atom is -0.497 e. The molecule has 0 saturated carbocycles. The van der Waals surface area contributed by atoms with Crippen LogP contribution in [-0.4, -0.2) is 61.9 Å². The number of ether oxygens (including phenoxy) is 1. The smallest absolute Gasteiger partial charge is 0.264 e. The van der Waals surface area contributed by atoms with Gasteiger partial charge in [0.2, 0.25) is 0 Å². The maximum absolute atomic E-state index is 13.3. The fourth-order valence-corrected chi connectivity index (χ4v) is 6.10. The average molecular weight is 531 g/mol. The third-order valence-electron chi connectivity index (χ3n) is 6.78. The van der Waals surface area contributed by atoms with Crippen LogP contribution in [0.25, 0.3) is 10.9 Å². The Morgan fingerprint density at radius 3 is 2.55 bits per heavy atom. The van der Waals surface area contributed by atoms with E-state index in [0.717, 1.165) is 30.8 Å². The highest BCUT2D eigenvalue weighted by Crippen LogP contribution is 2.24. The lowest BCUT2D eigenvalue weighted by Gasteiger charge is -2.40. The molecule has 0 bridgehead atoms. The maximum Gasteiger partial charge on any atom is 0.264 e. The fourth-order valence-electron chi connectivity index (χ4n) is 4.86. The van der Waals surface area contributed by atoms with Crippen molar-refractivity contribution < 1.29 is 17.9 Å². The van der Waals surface area contributed by atoms with Crippen LogP contribution in [0.4, 0.5) is 5.69 Å². The Hall–Kier alpha value is -3.95. The Balaban J connectivity index is 1.23. The molecule has 38 heavy (non-hydrogen) atoms. The molecule has 9 heteroatoms. The number of para-hydroxylation sites is 1.